The number of amides is 1. The van der Waals surface area contributed by atoms with Crippen molar-refractivity contribution in [2.24, 2.45) is 5.41 Å². The molecule has 100 valence electrons. The molecule has 0 aromatic heterocycles. The Morgan fingerprint density at radius 1 is 1.47 bits per heavy atom. The van der Waals surface area contributed by atoms with E-state index in [0.29, 0.717) is 36.5 Å². The molecule has 0 bridgehead atoms. The maximum absolute atomic E-state index is 12.4. The largest absolute Gasteiger partial charge is 0.339 e. The van der Waals surface area contributed by atoms with Gasteiger partial charge in [0.05, 0.1) is 17.0 Å². The Balaban J connectivity index is 2.14. The molecule has 0 atom stereocenters. The van der Waals surface area contributed by atoms with E-state index >= 15 is 0 Å². The highest BCUT2D eigenvalue weighted by atomic mass is 79.9. The van der Waals surface area contributed by atoms with Crippen LogP contribution in [0.25, 0.3) is 0 Å². The van der Waals surface area contributed by atoms with E-state index in [1.165, 1.54) is 0 Å². The summed E-state index contributed by atoms with van der Waals surface area (Å²) in [5, 5.41) is 9.64. The monoisotopic (exact) mass is 340 g/mol. The van der Waals surface area contributed by atoms with Crippen molar-refractivity contribution in [3.8, 4) is 6.07 Å². The van der Waals surface area contributed by atoms with Crippen molar-refractivity contribution in [3.05, 3.63) is 33.3 Å². The zero-order valence-electron chi connectivity index (χ0n) is 10.6. The summed E-state index contributed by atoms with van der Waals surface area (Å²) >= 11 is 9.31. The van der Waals surface area contributed by atoms with Gasteiger partial charge in [0.25, 0.3) is 5.91 Å². The van der Waals surface area contributed by atoms with Crippen LogP contribution in [0.15, 0.2) is 22.7 Å². The second kappa shape index (κ2) is 5.52. The number of rotatable bonds is 1. The molecule has 1 heterocycles. The summed E-state index contributed by atoms with van der Waals surface area (Å²) < 4.78 is 0.746. The molecule has 3 nitrogen and oxygen atoms in total. The van der Waals surface area contributed by atoms with Gasteiger partial charge in [-0.3, -0.25) is 4.79 Å². The highest BCUT2D eigenvalue weighted by molar-refractivity contribution is 9.10. The van der Waals surface area contributed by atoms with Crippen LogP contribution in [0, 0.1) is 16.7 Å². The molecule has 19 heavy (non-hydrogen) atoms. The molecule has 1 amide bonds. The van der Waals surface area contributed by atoms with E-state index in [1.54, 1.807) is 23.1 Å². The number of piperidine rings is 1. The summed E-state index contributed by atoms with van der Waals surface area (Å²) in [6.07, 6.45) is 1.43. The molecular formula is C14H14BrClN2O. The van der Waals surface area contributed by atoms with Gasteiger partial charge in [0.15, 0.2) is 0 Å². The van der Waals surface area contributed by atoms with E-state index in [4.69, 9.17) is 16.9 Å². The van der Waals surface area contributed by atoms with Crippen molar-refractivity contribution in [1.82, 2.24) is 4.90 Å². The average molecular weight is 342 g/mol. The minimum absolute atomic E-state index is 0.0330. The number of hydrogen-bond donors (Lipinski definition) is 0. The van der Waals surface area contributed by atoms with Gasteiger partial charge in [-0.2, -0.15) is 5.26 Å². The molecule has 5 heteroatoms. The van der Waals surface area contributed by atoms with Gasteiger partial charge >= 0.3 is 0 Å². The SMILES string of the molecule is CC1(C#N)CCN(C(=O)c2cc(Cl)ccc2Br)CC1. The standard InChI is InChI=1S/C14H14BrClN2O/c1-14(9-17)4-6-18(7-5-14)13(19)11-8-10(16)2-3-12(11)15/h2-3,8H,4-7H2,1H3. The van der Waals surface area contributed by atoms with E-state index in [0.717, 1.165) is 4.47 Å². The molecule has 1 aliphatic heterocycles. The lowest BCUT2D eigenvalue weighted by molar-refractivity contribution is 0.0661. The molecule has 0 spiro atoms. The number of nitrogens with zero attached hydrogens (tertiary/aromatic N) is 2. The number of hydrogen-bond acceptors (Lipinski definition) is 2. The predicted octanol–water partition coefficient (Wildman–Crippen LogP) is 3.87. The molecule has 1 aliphatic rings. The summed E-state index contributed by atoms with van der Waals surface area (Å²) in [6.45, 7) is 3.17. The number of likely N-dealkylation sites (tertiary alicyclic amines) is 1. The van der Waals surface area contributed by atoms with Gasteiger partial charge in [-0.25, -0.2) is 0 Å². The van der Waals surface area contributed by atoms with Crippen LogP contribution < -0.4 is 0 Å². The fraction of sp³-hybridized carbons (Fsp3) is 0.429. The number of benzene rings is 1. The van der Waals surface area contributed by atoms with E-state index in [-0.39, 0.29) is 11.3 Å². The molecule has 1 aromatic carbocycles. The fourth-order valence-electron chi connectivity index (χ4n) is 2.15. The third-order valence-corrected chi connectivity index (χ3v) is 4.51. The van der Waals surface area contributed by atoms with Gasteiger partial charge in [-0.05, 0) is 53.9 Å². The Morgan fingerprint density at radius 2 is 2.11 bits per heavy atom. The first kappa shape index (κ1) is 14.4. The van der Waals surface area contributed by atoms with Gasteiger partial charge < -0.3 is 4.90 Å². The van der Waals surface area contributed by atoms with Crippen LogP contribution in [-0.2, 0) is 0 Å². The van der Waals surface area contributed by atoms with Crippen molar-refractivity contribution in [2.45, 2.75) is 19.8 Å². The molecular weight excluding hydrogens is 328 g/mol. The van der Waals surface area contributed by atoms with Gasteiger partial charge in [0.2, 0.25) is 0 Å². The number of halogens is 2. The lowest BCUT2D eigenvalue weighted by Gasteiger charge is -2.35. The molecule has 1 fully saturated rings. The fourth-order valence-corrected chi connectivity index (χ4v) is 2.74. The molecule has 0 saturated carbocycles. The van der Waals surface area contributed by atoms with E-state index < -0.39 is 0 Å². The zero-order chi connectivity index (χ0) is 14.0. The van der Waals surface area contributed by atoms with Crippen LogP contribution in [0.1, 0.15) is 30.1 Å². The minimum Gasteiger partial charge on any atom is -0.339 e. The minimum atomic E-state index is -0.303. The first-order valence-corrected chi connectivity index (χ1v) is 7.28. The normalized spacial score (nSPS) is 17.9. The smallest absolute Gasteiger partial charge is 0.255 e. The third-order valence-electron chi connectivity index (χ3n) is 3.58. The second-order valence-electron chi connectivity index (χ2n) is 5.09. The average Bonchev–Trinajstić information content (AvgIpc) is 2.42. The van der Waals surface area contributed by atoms with Crippen molar-refractivity contribution in [3.63, 3.8) is 0 Å². The van der Waals surface area contributed by atoms with Crippen LogP contribution in [0.5, 0.6) is 0 Å². The molecule has 0 unspecified atom stereocenters. The number of carbonyl (C=O) groups is 1. The summed E-state index contributed by atoms with van der Waals surface area (Å²) in [5.74, 6) is -0.0330. The Kier molecular flexibility index (Phi) is 4.17. The maximum Gasteiger partial charge on any atom is 0.255 e. The van der Waals surface area contributed by atoms with Crippen LogP contribution >= 0.6 is 27.5 Å². The summed E-state index contributed by atoms with van der Waals surface area (Å²) in [4.78, 5) is 14.2. The quantitative estimate of drug-likeness (QED) is 0.778. The summed E-state index contributed by atoms with van der Waals surface area (Å²) in [6, 6.07) is 7.52. The van der Waals surface area contributed by atoms with Crippen molar-refractivity contribution < 1.29 is 4.79 Å². The van der Waals surface area contributed by atoms with Crippen LogP contribution in [-0.4, -0.2) is 23.9 Å². The Morgan fingerprint density at radius 3 is 2.68 bits per heavy atom. The summed E-state index contributed by atoms with van der Waals surface area (Å²) in [5.41, 5.74) is 0.274. The van der Waals surface area contributed by atoms with Crippen LogP contribution in [0.3, 0.4) is 0 Å². The molecule has 0 aliphatic carbocycles. The van der Waals surface area contributed by atoms with E-state index in [9.17, 15) is 4.79 Å². The van der Waals surface area contributed by atoms with Gasteiger partial charge in [0.1, 0.15) is 0 Å². The van der Waals surface area contributed by atoms with Crippen molar-refractivity contribution in [1.29, 1.82) is 5.26 Å². The highest BCUT2D eigenvalue weighted by Crippen LogP contribution is 2.31. The Hall–Kier alpha value is -1.05. The zero-order valence-corrected chi connectivity index (χ0v) is 13.0. The molecule has 2 rings (SSSR count). The van der Waals surface area contributed by atoms with E-state index in [1.807, 2.05) is 6.92 Å². The molecule has 0 radical (unpaired) electrons. The van der Waals surface area contributed by atoms with Crippen molar-refractivity contribution in [2.75, 3.05) is 13.1 Å². The van der Waals surface area contributed by atoms with Gasteiger partial charge in [-0.1, -0.05) is 11.6 Å². The van der Waals surface area contributed by atoms with Crippen molar-refractivity contribution >= 4 is 33.4 Å². The lowest BCUT2D eigenvalue weighted by atomic mass is 9.82. The topological polar surface area (TPSA) is 44.1 Å². The summed E-state index contributed by atoms with van der Waals surface area (Å²) in [7, 11) is 0. The Labute approximate surface area is 126 Å². The van der Waals surface area contributed by atoms with E-state index in [2.05, 4.69) is 22.0 Å². The molecule has 0 N–H and O–H groups in total. The Bertz CT molecular complexity index is 545. The maximum atomic E-state index is 12.4. The van der Waals surface area contributed by atoms with Crippen LogP contribution in [0.4, 0.5) is 0 Å². The molecule has 1 saturated heterocycles. The van der Waals surface area contributed by atoms with Gasteiger partial charge in [0, 0.05) is 22.6 Å². The van der Waals surface area contributed by atoms with Crippen LogP contribution in [0.2, 0.25) is 5.02 Å². The highest BCUT2D eigenvalue weighted by Gasteiger charge is 2.32. The predicted molar refractivity (Wildman–Crippen MR) is 78.0 cm³/mol. The first-order valence-electron chi connectivity index (χ1n) is 6.11. The molecule has 1 aromatic rings. The number of nitriles is 1. The van der Waals surface area contributed by atoms with Gasteiger partial charge in [-0.15, -0.1) is 0 Å². The first-order chi connectivity index (χ1) is 8.95. The number of carbonyl (C=O) groups excluding carboxylic acids is 1. The third kappa shape index (κ3) is 3.10. The second-order valence-corrected chi connectivity index (χ2v) is 6.38. The lowest BCUT2D eigenvalue weighted by Crippen LogP contribution is -2.41.